The van der Waals surface area contributed by atoms with Gasteiger partial charge in [0.1, 0.15) is 26.4 Å². The summed E-state index contributed by atoms with van der Waals surface area (Å²) in [5.41, 5.74) is 9.96. The molecule has 3 N–H and O–H groups in total. The molecule has 0 amide bonds. The van der Waals surface area contributed by atoms with Gasteiger partial charge in [0.15, 0.2) is 28.8 Å². The summed E-state index contributed by atoms with van der Waals surface area (Å²) in [6.45, 7) is 6.73. The van der Waals surface area contributed by atoms with Gasteiger partial charge in [0.2, 0.25) is 0 Å². The number of hydrogen-bond donors (Lipinski definition) is 3. The SMILES string of the molecule is O=C1C=CC(=C2C3=N/C(=C(/c4ccc5c(c4)OCCOCCOCCOCCO5)c4ccc([nH]4)/C=c4/cc/c([nH]4)=C(\c4ccc5c(c4)OCCOCCOCCOCCO5)c4ccc2[nH]4)C=C3)C=C1. The molecule has 0 fully saturated rings. The molecule has 8 bridgehead atoms. The summed E-state index contributed by atoms with van der Waals surface area (Å²) in [5, 5.41) is 1.75. The van der Waals surface area contributed by atoms with Crippen LogP contribution in [0.4, 0.5) is 0 Å². The molecule has 5 aliphatic rings. The van der Waals surface area contributed by atoms with Gasteiger partial charge in [-0.2, -0.15) is 0 Å². The molecule has 0 radical (unpaired) electrons. The lowest BCUT2D eigenvalue weighted by Gasteiger charge is -2.16. The van der Waals surface area contributed by atoms with Gasteiger partial charge in [-0.25, -0.2) is 4.99 Å². The van der Waals surface area contributed by atoms with Crippen molar-refractivity contribution in [1.82, 2.24) is 15.0 Å². The van der Waals surface area contributed by atoms with Crippen LogP contribution in [-0.4, -0.2) is 132 Å². The van der Waals surface area contributed by atoms with Crippen LogP contribution in [0.15, 0.2) is 126 Å². The molecule has 3 aromatic heterocycles. The molecule has 0 saturated carbocycles. The van der Waals surface area contributed by atoms with Crippen molar-refractivity contribution in [3.8, 4) is 23.0 Å². The number of allylic oxidation sites excluding steroid dienone is 8. The van der Waals surface area contributed by atoms with Crippen molar-refractivity contribution in [2.24, 2.45) is 4.99 Å². The molecule has 10 rings (SSSR count). The third-order valence-electron chi connectivity index (χ3n) is 11.7. The van der Waals surface area contributed by atoms with Gasteiger partial charge in [-0.15, -0.1) is 0 Å². The normalized spacial score (nSPS) is 21.3. The molecule has 0 saturated heterocycles. The number of carbonyl (C=O) groups excluding carboxylic acids is 1. The summed E-state index contributed by atoms with van der Waals surface area (Å²) >= 11 is 0. The Hall–Kier alpha value is -6.98. The fourth-order valence-electron chi connectivity index (χ4n) is 8.46. The predicted molar refractivity (Wildman–Crippen MR) is 259 cm³/mol. The maximum atomic E-state index is 12.5. The number of aliphatic imine (C=N–C) groups is 1. The number of carbonyl (C=O) groups is 1. The Bertz CT molecular complexity index is 2950. The summed E-state index contributed by atoms with van der Waals surface area (Å²) in [5.74, 6) is 2.27. The number of aromatic nitrogens is 3. The molecule has 0 unspecified atom stereocenters. The van der Waals surface area contributed by atoms with Crippen molar-refractivity contribution in [1.29, 1.82) is 0 Å². The van der Waals surface area contributed by atoms with Crippen molar-refractivity contribution in [3.63, 3.8) is 0 Å². The highest BCUT2D eigenvalue weighted by Gasteiger charge is 2.24. The van der Waals surface area contributed by atoms with Crippen LogP contribution in [0.3, 0.4) is 0 Å². The highest BCUT2D eigenvalue weighted by molar-refractivity contribution is 6.32. The Morgan fingerprint density at radius 1 is 0.406 bits per heavy atom. The topological polar surface area (TPSA) is 169 Å². The van der Waals surface area contributed by atoms with Crippen LogP contribution in [0.1, 0.15) is 33.9 Å². The molecule has 5 aromatic rings. The number of nitrogens with one attached hydrogen (secondary N) is 3. The van der Waals surface area contributed by atoms with E-state index in [1.54, 1.807) is 12.2 Å². The summed E-state index contributed by atoms with van der Waals surface area (Å²) in [6, 6.07) is 24.3. The van der Waals surface area contributed by atoms with Crippen LogP contribution in [-0.2, 0) is 33.2 Å². The first-order valence-corrected chi connectivity index (χ1v) is 23.4. The quantitative estimate of drug-likeness (QED) is 0.201. The Morgan fingerprint density at radius 3 is 1.48 bits per heavy atom. The van der Waals surface area contributed by atoms with E-state index in [2.05, 4.69) is 57.4 Å². The van der Waals surface area contributed by atoms with Crippen LogP contribution in [0.2, 0.25) is 0 Å². The summed E-state index contributed by atoms with van der Waals surface area (Å²) < 4.78 is 59.2. The number of rotatable bonds is 2. The van der Waals surface area contributed by atoms with E-state index in [0.717, 1.165) is 72.6 Å². The third-order valence-corrected chi connectivity index (χ3v) is 11.7. The zero-order chi connectivity index (χ0) is 46.6. The van der Waals surface area contributed by atoms with Crippen LogP contribution < -0.4 is 29.6 Å². The number of aromatic amines is 3. The molecule has 69 heavy (non-hydrogen) atoms. The van der Waals surface area contributed by atoms with Gasteiger partial charge >= 0.3 is 0 Å². The fraction of sp³-hybridized carbons (Fsp3) is 0.296. The third kappa shape index (κ3) is 11.3. The van der Waals surface area contributed by atoms with Crippen LogP contribution in [0.25, 0.3) is 22.8 Å². The minimum atomic E-state index is -0.0847. The zero-order valence-electron chi connectivity index (χ0n) is 38.2. The number of benzene rings is 2. The summed E-state index contributed by atoms with van der Waals surface area (Å²) in [4.78, 5) is 29.0. The number of ether oxygens (including phenoxy) is 10. The van der Waals surface area contributed by atoms with Crippen molar-refractivity contribution in [3.05, 3.63) is 165 Å². The molecular weight excluding hydrogens is 881 g/mol. The van der Waals surface area contributed by atoms with Crippen LogP contribution >= 0.6 is 0 Å². The first-order valence-electron chi connectivity index (χ1n) is 23.4. The molecule has 2 aromatic carbocycles. The van der Waals surface area contributed by atoms with E-state index >= 15 is 0 Å². The average Bonchev–Trinajstić information content (AvgIpc) is 4.21. The van der Waals surface area contributed by atoms with Crippen LogP contribution in [0, 0.1) is 0 Å². The molecule has 0 atom stereocenters. The van der Waals surface area contributed by atoms with Crippen LogP contribution in [0.5, 0.6) is 23.0 Å². The molecule has 15 heteroatoms. The highest BCUT2D eigenvalue weighted by Crippen LogP contribution is 2.39. The maximum absolute atomic E-state index is 12.5. The summed E-state index contributed by atoms with van der Waals surface area (Å²) in [6.07, 6.45) is 13.0. The monoisotopic (exact) mass is 934 g/mol. The molecule has 7 heterocycles. The van der Waals surface area contributed by atoms with Gasteiger partial charge in [0.05, 0.1) is 90.7 Å². The van der Waals surface area contributed by atoms with Gasteiger partial charge in [0.25, 0.3) is 0 Å². The molecule has 1 aliphatic carbocycles. The number of nitrogens with zero attached hydrogens (tertiary/aromatic N) is 1. The molecule has 0 spiro atoms. The summed E-state index contributed by atoms with van der Waals surface area (Å²) in [7, 11) is 0. The van der Waals surface area contributed by atoms with Gasteiger partial charge < -0.3 is 62.3 Å². The van der Waals surface area contributed by atoms with E-state index in [1.165, 1.54) is 0 Å². The van der Waals surface area contributed by atoms with E-state index < -0.39 is 0 Å². The molecule has 356 valence electrons. The second kappa shape index (κ2) is 22.4. The lowest BCUT2D eigenvalue weighted by atomic mass is 9.96. The Morgan fingerprint density at radius 2 is 0.899 bits per heavy atom. The predicted octanol–water partition coefficient (Wildman–Crippen LogP) is 5.62. The Labute approximate surface area is 399 Å². The van der Waals surface area contributed by atoms with Gasteiger partial charge in [-0.1, -0.05) is 24.3 Å². The average molecular weight is 935 g/mol. The molecular formula is C54H54N4O11. The van der Waals surface area contributed by atoms with E-state index in [-0.39, 0.29) is 5.78 Å². The van der Waals surface area contributed by atoms with E-state index in [0.29, 0.717) is 134 Å². The smallest absolute Gasteiger partial charge is 0.178 e. The molecule has 15 nitrogen and oxygen atoms in total. The Balaban J connectivity index is 1.09. The number of fused-ring (bicyclic) bond motifs is 9. The zero-order valence-corrected chi connectivity index (χ0v) is 38.2. The second-order valence-corrected chi connectivity index (χ2v) is 16.3. The number of hydrogen-bond acceptors (Lipinski definition) is 12. The van der Waals surface area contributed by atoms with Gasteiger partial charge in [-0.3, -0.25) is 4.79 Å². The first kappa shape index (κ1) is 45.8. The van der Waals surface area contributed by atoms with E-state index in [4.69, 9.17) is 52.4 Å². The lowest BCUT2D eigenvalue weighted by Crippen LogP contribution is -2.15. The minimum absolute atomic E-state index is 0.0847. The van der Waals surface area contributed by atoms with Crippen molar-refractivity contribution >= 4 is 34.3 Å². The largest absolute Gasteiger partial charge is 0.487 e. The maximum Gasteiger partial charge on any atom is 0.178 e. The number of H-pyrrole nitrogens is 3. The molecule has 4 aliphatic heterocycles. The standard InChI is InChI=1S/C54H54N4O11/c59-41-7-1-36(2-8-41)52-44-11-13-46(57-44)53(37-3-15-48-50(33-37)68-31-27-64-23-19-60-17-21-62-25-29-66-48)42-9-5-39(55-42)35-40-6-10-43(56-40)54(47-14-12-45(52)58-47)38-4-16-49-51(34-38)69-32-28-65-24-20-61-18-22-63-26-30-67-49/h1-16,33-35,55-57H,17-32H2/b39-35-,53-42-,54-47-. The number of ketones is 1. The van der Waals surface area contributed by atoms with Crippen molar-refractivity contribution in [2.45, 2.75) is 0 Å². The fourth-order valence-corrected chi connectivity index (χ4v) is 8.46. The second-order valence-electron chi connectivity index (χ2n) is 16.3. The van der Waals surface area contributed by atoms with Gasteiger partial charge in [-0.05, 0) is 108 Å². The van der Waals surface area contributed by atoms with Crippen molar-refractivity contribution in [2.75, 3.05) is 106 Å². The Kier molecular flexibility index (Phi) is 14.9. The first-order chi connectivity index (χ1) is 34.1. The van der Waals surface area contributed by atoms with E-state index in [9.17, 15) is 4.79 Å². The van der Waals surface area contributed by atoms with Crippen molar-refractivity contribution < 1.29 is 52.2 Å². The highest BCUT2D eigenvalue weighted by atomic mass is 16.6. The van der Waals surface area contributed by atoms with E-state index in [1.807, 2.05) is 60.7 Å². The van der Waals surface area contributed by atoms with Gasteiger partial charge in [0, 0.05) is 50.2 Å². The lowest BCUT2D eigenvalue weighted by molar-refractivity contribution is -0.110. The minimum Gasteiger partial charge on any atom is -0.487 e.